The van der Waals surface area contributed by atoms with Gasteiger partial charge in [-0.15, -0.1) is 5.10 Å². The number of hydrogen-bond donors (Lipinski definition) is 0. The number of aromatic nitrogens is 4. The summed E-state index contributed by atoms with van der Waals surface area (Å²) in [4.78, 5) is 5.29. The van der Waals surface area contributed by atoms with Crippen LogP contribution in [0.1, 0.15) is 71.7 Å². The van der Waals surface area contributed by atoms with Gasteiger partial charge in [-0.2, -0.15) is 0 Å². The molecule has 0 unspecified atom stereocenters. The van der Waals surface area contributed by atoms with Crippen molar-refractivity contribution in [2.24, 2.45) is 0 Å². The standard InChI is InChI=1S/C17H32N6/c1-5-15(16-18-19-20-23(16)17(2,3)4)22-12-10-21(11-13-22)14-8-6-7-9-14/h14-15H,5-13H2,1-4H3/t15-/m0/s1. The average molecular weight is 320 g/mol. The lowest BCUT2D eigenvalue weighted by atomic mass is 10.1. The van der Waals surface area contributed by atoms with E-state index in [0.717, 1.165) is 31.4 Å². The van der Waals surface area contributed by atoms with E-state index >= 15 is 0 Å². The summed E-state index contributed by atoms with van der Waals surface area (Å²) in [6, 6.07) is 1.17. The Morgan fingerprint density at radius 3 is 2.30 bits per heavy atom. The Hall–Kier alpha value is -1.01. The molecule has 1 aliphatic carbocycles. The zero-order chi connectivity index (χ0) is 16.4. The molecular weight excluding hydrogens is 288 g/mol. The predicted molar refractivity (Wildman–Crippen MR) is 91.2 cm³/mol. The Balaban J connectivity index is 1.67. The Kier molecular flexibility index (Phi) is 5.01. The van der Waals surface area contributed by atoms with E-state index in [1.165, 1.54) is 38.8 Å². The van der Waals surface area contributed by atoms with Crippen molar-refractivity contribution in [1.29, 1.82) is 0 Å². The summed E-state index contributed by atoms with van der Waals surface area (Å²) >= 11 is 0. The van der Waals surface area contributed by atoms with E-state index in [0.29, 0.717) is 6.04 Å². The summed E-state index contributed by atoms with van der Waals surface area (Å²) in [6.45, 7) is 13.4. The molecule has 2 aliphatic rings. The van der Waals surface area contributed by atoms with E-state index in [1.807, 2.05) is 4.68 Å². The van der Waals surface area contributed by atoms with Crippen LogP contribution in [-0.4, -0.2) is 62.2 Å². The van der Waals surface area contributed by atoms with Crippen molar-refractivity contribution in [2.75, 3.05) is 26.2 Å². The second-order valence-electron chi connectivity index (χ2n) is 8.05. The van der Waals surface area contributed by atoms with Gasteiger partial charge in [-0.1, -0.05) is 19.8 Å². The van der Waals surface area contributed by atoms with Crippen molar-refractivity contribution >= 4 is 0 Å². The SMILES string of the molecule is CC[C@@H](c1nnnn1C(C)(C)C)N1CCN(C2CCCC2)CC1. The van der Waals surface area contributed by atoms with Crippen LogP contribution in [0, 0.1) is 0 Å². The first-order valence-electron chi connectivity index (χ1n) is 9.27. The summed E-state index contributed by atoms with van der Waals surface area (Å²) in [6.07, 6.45) is 6.70. The Bertz CT molecular complexity index is 491. The minimum absolute atomic E-state index is 0.0715. The highest BCUT2D eigenvalue weighted by Crippen LogP contribution is 2.29. The number of tetrazole rings is 1. The molecular formula is C17H32N6. The van der Waals surface area contributed by atoms with Crippen LogP contribution in [0.5, 0.6) is 0 Å². The van der Waals surface area contributed by atoms with Crippen molar-refractivity contribution in [3.05, 3.63) is 5.82 Å². The molecule has 6 heteroatoms. The number of hydrogen-bond acceptors (Lipinski definition) is 5. The molecule has 6 nitrogen and oxygen atoms in total. The number of nitrogens with zero attached hydrogens (tertiary/aromatic N) is 6. The Morgan fingerprint density at radius 2 is 1.74 bits per heavy atom. The van der Waals surface area contributed by atoms with Crippen LogP contribution in [0.25, 0.3) is 0 Å². The quantitative estimate of drug-likeness (QED) is 0.853. The summed E-state index contributed by atoms with van der Waals surface area (Å²) in [5, 5.41) is 12.6. The molecule has 3 rings (SSSR count). The summed E-state index contributed by atoms with van der Waals surface area (Å²) in [5.74, 6) is 1.02. The third-order valence-corrected chi connectivity index (χ3v) is 5.44. The van der Waals surface area contributed by atoms with Crippen LogP contribution in [0.3, 0.4) is 0 Å². The van der Waals surface area contributed by atoms with Gasteiger partial charge in [0, 0.05) is 32.2 Å². The fraction of sp³-hybridized carbons (Fsp3) is 0.941. The number of piperazine rings is 1. The van der Waals surface area contributed by atoms with Crippen molar-refractivity contribution < 1.29 is 0 Å². The van der Waals surface area contributed by atoms with Crippen LogP contribution >= 0.6 is 0 Å². The molecule has 1 atom stereocenters. The largest absolute Gasteiger partial charge is 0.298 e. The van der Waals surface area contributed by atoms with Gasteiger partial charge in [0.05, 0.1) is 11.6 Å². The van der Waals surface area contributed by atoms with Crippen molar-refractivity contribution in [1.82, 2.24) is 30.0 Å². The smallest absolute Gasteiger partial charge is 0.168 e. The van der Waals surface area contributed by atoms with Gasteiger partial charge in [-0.3, -0.25) is 9.80 Å². The maximum atomic E-state index is 4.37. The molecule has 1 aliphatic heterocycles. The molecule has 1 saturated carbocycles. The van der Waals surface area contributed by atoms with Gasteiger partial charge >= 0.3 is 0 Å². The van der Waals surface area contributed by atoms with Gasteiger partial charge in [-0.25, -0.2) is 4.68 Å². The molecule has 2 fully saturated rings. The first-order valence-corrected chi connectivity index (χ1v) is 9.27. The zero-order valence-corrected chi connectivity index (χ0v) is 15.2. The van der Waals surface area contributed by atoms with Gasteiger partial charge in [-0.05, 0) is 50.5 Å². The molecule has 0 amide bonds. The van der Waals surface area contributed by atoms with Crippen LogP contribution in [0.15, 0.2) is 0 Å². The Labute approximate surface area is 140 Å². The topological polar surface area (TPSA) is 50.1 Å². The highest BCUT2D eigenvalue weighted by Gasteiger charge is 2.32. The van der Waals surface area contributed by atoms with Crippen LogP contribution in [0.2, 0.25) is 0 Å². The van der Waals surface area contributed by atoms with E-state index < -0.39 is 0 Å². The molecule has 0 spiro atoms. The molecule has 0 radical (unpaired) electrons. The Morgan fingerprint density at radius 1 is 1.09 bits per heavy atom. The monoisotopic (exact) mass is 320 g/mol. The summed E-state index contributed by atoms with van der Waals surface area (Å²) in [5.41, 5.74) is -0.0715. The molecule has 1 saturated heterocycles. The predicted octanol–water partition coefficient (Wildman–Crippen LogP) is 2.44. The normalized spacial score (nSPS) is 23.5. The minimum atomic E-state index is -0.0715. The van der Waals surface area contributed by atoms with Crippen LogP contribution in [-0.2, 0) is 5.54 Å². The molecule has 1 aromatic rings. The van der Waals surface area contributed by atoms with Crippen molar-refractivity contribution in [3.63, 3.8) is 0 Å². The summed E-state index contributed by atoms with van der Waals surface area (Å²) < 4.78 is 2.00. The molecule has 130 valence electrons. The molecule has 23 heavy (non-hydrogen) atoms. The lowest BCUT2D eigenvalue weighted by Gasteiger charge is -2.41. The first kappa shape index (κ1) is 16.8. The molecule has 0 bridgehead atoms. The second kappa shape index (κ2) is 6.85. The molecule has 2 heterocycles. The molecule has 0 N–H and O–H groups in total. The maximum absolute atomic E-state index is 4.37. The van der Waals surface area contributed by atoms with Gasteiger partial charge < -0.3 is 0 Å². The highest BCUT2D eigenvalue weighted by atomic mass is 15.6. The van der Waals surface area contributed by atoms with Gasteiger partial charge in [0.2, 0.25) is 0 Å². The lowest BCUT2D eigenvalue weighted by Crippen LogP contribution is -2.51. The van der Waals surface area contributed by atoms with Gasteiger partial charge in [0.25, 0.3) is 0 Å². The van der Waals surface area contributed by atoms with Gasteiger partial charge in [0.1, 0.15) is 0 Å². The summed E-state index contributed by atoms with van der Waals surface area (Å²) in [7, 11) is 0. The van der Waals surface area contributed by atoms with Crippen LogP contribution < -0.4 is 0 Å². The minimum Gasteiger partial charge on any atom is -0.298 e. The number of rotatable bonds is 4. The van der Waals surface area contributed by atoms with Crippen molar-refractivity contribution in [3.8, 4) is 0 Å². The molecule has 1 aromatic heterocycles. The van der Waals surface area contributed by atoms with Crippen LogP contribution in [0.4, 0.5) is 0 Å². The van der Waals surface area contributed by atoms with Gasteiger partial charge in [0.15, 0.2) is 5.82 Å². The molecule has 0 aromatic carbocycles. The van der Waals surface area contributed by atoms with E-state index in [9.17, 15) is 0 Å². The third-order valence-electron chi connectivity index (χ3n) is 5.44. The maximum Gasteiger partial charge on any atom is 0.168 e. The zero-order valence-electron chi connectivity index (χ0n) is 15.2. The van der Waals surface area contributed by atoms with E-state index in [1.54, 1.807) is 0 Å². The third kappa shape index (κ3) is 3.58. The van der Waals surface area contributed by atoms with E-state index in [4.69, 9.17) is 0 Å². The fourth-order valence-corrected chi connectivity index (χ4v) is 4.17. The average Bonchev–Trinajstić information content (AvgIpc) is 3.20. The van der Waals surface area contributed by atoms with E-state index in [2.05, 4.69) is 53.0 Å². The lowest BCUT2D eigenvalue weighted by molar-refractivity contribution is 0.0628. The fourth-order valence-electron chi connectivity index (χ4n) is 4.17. The second-order valence-corrected chi connectivity index (χ2v) is 8.05. The van der Waals surface area contributed by atoms with E-state index in [-0.39, 0.29) is 5.54 Å². The van der Waals surface area contributed by atoms with Crippen molar-refractivity contribution in [2.45, 2.75) is 77.4 Å². The first-order chi connectivity index (χ1) is 11.0. The highest BCUT2D eigenvalue weighted by molar-refractivity contribution is 4.98.